The van der Waals surface area contributed by atoms with Crippen molar-refractivity contribution in [2.75, 3.05) is 0 Å². The Morgan fingerprint density at radius 2 is 1.00 bits per heavy atom. The zero-order valence-electron chi connectivity index (χ0n) is 1.56. The highest BCUT2D eigenvalue weighted by Crippen LogP contribution is 0.886. The van der Waals surface area contributed by atoms with Crippen LogP contribution in [-0.4, -0.2) is 0 Å². The molecule has 0 bridgehead atoms. The van der Waals surface area contributed by atoms with E-state index in [-0.39, 0.29) is 31.4 Å². The van der Waals surface area contributed by atoms with Crippen molar-refractivity contribution in [3.8, 4) is 12.8 Å². The smallest absolute Gasteiger partial charge is 0.0776 e. The van der Waals surface area contributed by atoms with Gasteiger partial charge < -0.3 is 0 Å². The Morgan fingerprint density at radius 1 is 1.00 bits per heavy atom. The second-order valence-corrected chi connectivity index (χ2v) is 0. The van der Waals surface area contributed by atoms with Gasteiger partial charge in [-0.1, -0.05) is 7.43 Å². The lowest BCUT2D eigenvalue weighted by molar-refractivity contribution is 2.50. The van der Waals surface area contributed by atoms with Crippen LogP contribution < -0.4 is 0 Å². The van der Waals surface area contributed by atoms with Crippen LogP contribution in [0.5, 0.6) is 0 Å². The van der Waals surface area contributed by atoms with Crippen molar-refractivity contribution in [1.29, 1.82) is 0 Å². The molecule has 0 saturated heterocycles. The van der Waals surface area contributed by atoms with Gasteiger partial charge in [-0.25, -0.2) is 0 Å². The van der Waals surface area contributed by atoms with Crippen molar-refractivity contribution >= 4 is 24.0 Å². The number of hydrogen-bond donors (Lipinski definition) is 0. The minimum absolute atomic E-state index is 0. The van der Waals surface area contributed by atoms with E-state index in [2.05, 4.69) is 12.8 Å². The fourth-order valence-electron chi connectivity index (χ4n) is 0. The summed E-state index contributed by atoms with van der Waals surface area (Å²) < 4.78 is 0. The summed E-state index contributed by atoms with van der Waals surface area (Å²) in [6.45, 7) is 0. The molecule has 0 spiro atoms. The van der Waals surface area contributed by atoms with Crippen LogP contribution in [0, 0.1) is 12.8 Å². The summed E-state index contributed by atoms with van der Waals surface area (Å²) >= 11 is 0. The maximum absolute atomic E-state index is 4.00. The normalized spacial score (nSPS) is 0.500. The third kappa shape index (κ3) is 45.3. The third-order valence-electron chi connectivity index (χ3n) is 0. The van der Waals surface area contributed by atoms with Gasteiger partial charge in [-0.3, -0.25) is 0 Å². The number of halogens is 1. The van der Waals surface area contributed by atoms with Crippen LogP contribution in [0.15, 0.2) is 0 Å². The third-order valence-corrected chi connectivity index (χ3v) is 0. The molecular weight excluding hydrogens is 163 g/mol. The lowest BCUT2D eigenvalue weighted by atomic mass is 11.4. The van der Waals surface area contributed by atoms with Gasteiger partial charge in [0.15, 0.2) is 0 Å². The van der Waals surface area contributed by atoms with E-state index in [0.29, 0.717) is 0 Å². The zero-order chi connectivity index (χ0) is 2.00. The fraction of sp³-hybridized carbons (Fsp3) is 0.333. The molecule has 0 aliphatic heterocycles. The van der Waals surface area contributed by atoms with Crippen LogP contribution >= 0.6 is 24.0 Å². The standard InChI is InChI=1S/C2H2.CH4.HI/c1-2;;/h1-2H;1H4;1H. The number of terminal acetylenes is 1. The van der Waals surface area contributed by atoms with Gasteiger partial charge in [0.2, 0.25) is 0 Å². The molecule has 0 atom stereocenters. The van der Waals surface area contributed by atoms with Gasteiger partial charge in [-0.05, 0) is 0 Å². The van der Waals surface area contributed by atoms with Crippen LogP contribution in [0.1, 0.15) is 7.43 Å². The summed E-state index contributed by atoms with van der Waals surface area (Å²) in [7, 11) is 0. The second kappa shape index (κ2) is 205. The minimum atomic E-state index is 0. The maximum atomic E-state index is 4.00. The highest BCUT2D eigenvalue weighted by molar-refractivity contribution is 14.0. The number of rotatable bonds is 0. The van der Waals surface area contributed by atoms with Crippen molar-refractivity contribution in [3.05, 3.63) is 0 Å². The average molecular weight is 170 g/mol. The van der Waals surface area contributed by atoms with Gasteiger partial charge >= 0.3 is 0 Å². The largest absolute Gasteiger partial charge is 0.124 e. The highest BCUT2D eigenvalue weighted by atomic mass is 127. The SMILES string of the molecule is C.C#C.I. The maximum Gasteiger partial charge on any atom is -0.0776 e. The molecule has 0 amide bonds. The Hall–Kier alpha value is 0.290. The van der Waals surface area contributed by atoms with Gasteiger partial charge in [0, 0.05) is 0 Å². The Kier molecular flexibility index (Phi) is 1430. The minimum Gasteiger partial charge on any atom is -0.124 e. The van der Waals surface area contributed by atoms with Gasteiger partial charge in [0.1, 0.15) is 0 Å². The van der Waals surface area contributed by atoms with E-state index in [4.69, 9.17) is 0 Å². The second-order valence-electron chi connectivity index (χ2n) is 0. The summed E-state index contributed by atoms with van der Waals surface area (Å²) in [6, 6.07) is 0. The first-order chi connectivity index (χ1) is 1.00. The Labute approximate surface area is 44.6 Å². The van der Waals surface area contributed by atoms with Crippen molar-refractivity contribution in [2.45, 2.75) is 7.43 Å². The van der Waals surface area contributed by atoms with Gasteiger partial charge in [-0.15, -0.1) is 36.8 Å². The molecule has 0 heterocycles. The summed E-state index contributed by atoms with van der Waals surface area (Å²) in [4.78, 5) is 0. The molecule has 0 saturated carbocycles. The molecule has 0 aromatic rings. The van der Waals surface area contributed by atoms with E-state index in [9.17, 15) is 0 Å². The zero-order valence-corrected chi connectivity index (χ0v) is 3.89. The molecule has 0 rings (SSSR count). The van der Waals surface area contributed by atoms with Crippen LogP contribution in [0.3, 0.4) is 0 Å². The molecule has 0 N–H and O–H groups in total. The fourth-order valence-corrected chi connectivity index (χ4v) is 0. The van der Waals surface area contributed by atoms with E-state index >= 15 is 0 Å². The predicted molar refractivity (Wildman–Crippen MR) is 32.0 cm³/mol. The van der Waals surface area contributed by atoms with Gasteiger partial charge in [0.05, 0.1) is 0 Å². The van der Waals surface area contributed by atoms with E-state index in [1.165, 1.54) is 0 Å². The van der Waals surface area contributed by atoms with Crippen molar-refractivity contribution in [1.82, 2.24) is 0 Å². The Balaban J connectivity index is -0.00000000500. The predicted octanol–water partition coefficient (Wildman–Crippen LogP) is 1.50. The van der Waals surface area contributed by atoms with Crippen LogP contribution in [0.2, 0.25) is 0 Å². The first kappa shape index (κ1) is 27.9. The molecule has 1 heteroatoms. The summed E-state index contributed by atoms with van der Waals surface area (Å²) in [5, 5.41) is 0. The highest BCUT2D eigenvalue weighted by Gasteiger charge is 0.454. The molecule has 0 nitrogen and oxygen atoms in total. The van der Waals surface area contributed by atoms with Crippen molar-refractivity contribution in [3.63, 3.8) is 0 Å². The van der Waals surface area contributed by atoms with Crippen LogP contribution in [0.4, 0.5) is 0 Å². The molecule has 0 radical (unpaired) electrons. The summed E-state index contributed by atoms with van der Waals surface area (Å²) in [5.74, 6) is 0. The van der Waals surface area contributed by atoms with Crippen LogP contribution in [0.25, 0.3) is 0 Å². The number of hydrogen-bond acceptors (Lipinski definition) is 0. The molecular formula is C3H7I. The summed E-state index contributed by atoms with van der Waals surface area (Å²) in [6.07, 6.45) is 8.00. The average Bonchev–Trinajstić information content (AvgIpc) is 1.00. The molecule has 0 aliphatic rings. The molecule has 4 heavy (non-hydrogen) atoms. The monoisotopic (exact) mass is 170 g/mol. The van der Waals surface area contributed by atoms with Crippen molar-refractivity contribution < 1.29 is 0 Å². The Morgan fingerprint density at radius 3 is 1.00 bits per heavy atom. The van der Waals surface area contributed by atoms with Crippen LogP contribution in [-0.2, 0) is 0 Å². The molecule has 0 fully saturated rings. The van der Waals surface area contributed by atoms with Gasteiger partial charge in [-0.2, -0.15) is 0 Å². The first-order valence-corrected chi connectivity index (χ1v) is 0.333. The van der Waals surface area contributed by atoms with Gasteiger partial charge in [0.25, 0.3) is 0 Å². The molecule has 0 aromatic heterocycles. The molecule has 26 valence electrons. The van der Waals surface area contributed by atoms with E-state index < -0.39 is 0 Å². The topological polar surface area (TPSA) is 0 Å². The molecule has 0 unspecified atom stereocenters. The first-order valence-electron chi connectivity index (χ1n) is 0.333. The van der Waals surface area contributed by atoms with E-state index in [1.807, 2.05) is 0 Å². The summed E-state index contributed by atoms with van der Waals surface area (Å²) in [5.41, 5.74) is 0. The van der Waals surface area contributed by atoms with E-state index in [1.54, 1.807) is 0 Å². The quantitative estimate of drug-likeness (QED) is 0.381. The van der Waals surface area contributed by atoms with Crippen molar-refractivity contribution in [2.24, 2.45) is 0 Å². The molecule has 0 aliphatic carbocycles. The van der Waals surface area contributed by atoms with E-state index in [0.717, 1.165) is 0 Å². The molecule has 0 aromatic carbocycles. The Bertz CT molecular complexity index is 8.00. The lowest BCUT2D eigenvalue weighted by Crippen LogP contribution is -0.576. The lowest BCUT2D eigenvalue weighted by Gasteiger charge is -0.701.